The molecule has 0 saturated carbocycles. The zero-order chi connectivity index (χ0) is 0. The topological polar surface area (TPSA) is 189 Å². The van der Waals surface area contributed by atoms with Gasteiger partial charge in [0.25, 0.3) is 0 Å². The number of halogens is 5. The summed E-state index contributed by atoms with van der Waals surface area (Å²) in [6, 6.07) is 0. The van der Waals surface area contributed by atoms with Crippen LogP contribution in [0.2, 0.25) is 0 Å². The Morgan fingerprint density at radius 2 is 0.286 bits per heavy atom. The molecule has 0 radical (unpaired) electrons. The maximum atomic E-state index is 0. The van der Waals surface area contributed by atoms with Gasteiger partial charge < -0.3 is 94.9 Å². The van der Waals surface area contributed by atoms with Gasteiger partial charge in [-0.1, -0.05) is 0 Å². The molecular weight excluding hydrogens is 361 g/mol. The quantitative estimate of drug-likeness (QED) is 0.365. The van der Waals surface area contributed by atoms with Gasteiger partial charge in [0.15, 0.2) is 0 Å². The number of rotatable bonds is 0. The van der Waals surface area contributed by atoms with Crippen LogP contribution < -0.4 is 113 Å². The fourth-order valence-corrected chi connectivity index (χ4v) is 0. The summed E-state index contributed by atoms with van der Waals surface area (Å²) in [5.41, 5.74) is 0. The Hall–Kier alpha value is 4.38. The van der Waals surface area contributed by atoms with Gasteiger partial charge in [-0.2, -0.15) is 0 Å². The normalized spacial score (nSPS) is 0. The van der Waals surface area contributed by atoms with Crippen LogP contribution in [-0.4, -0.2) is 79.0 Å². The van der Waals surface area contributed by atoms with Crippen LogP contribution in [-0.2, 0) is 0 Å². The third-order valence-corrected chi connectivity index (χ3v) is 0. The van der Waals surface area contributed by atoms with E-state index in [1.807, 2.05) is 0 Å². The molecule has 0 bridgehead atoms. The van der Waals surface area contributed by atoms with Crippen LogP contribution >= 0.6 is 0 Å². The van der Waals surface area contributed by atoms with E-state index in [0.29, 0.717) is 0 Å². The zero-order valence-electron chi connectivity index (χ0n) is 7.30. The minimum absolute atomic E-state index is 0. The molecule has 0 rings (SSSR count). The fourth-order valence-electron chi connectivity index (χ4n) is 0. The van der Waals surface area contributed by atoms with E-state index in [2.05, 4.69) is 0 Å². The molecule has 0 atom stereocenters. The molecule has 0 aromatic rings. The molecule has 14 heteroatoms. The molecule has 88 valence electrons. The van der Waals surface area contributed by atoms with E-state index in [1.165, 1.54) is 0 Å². The van der Waals surface area contributed by atoms with E-state index in [9.17, 15) is 0 Å². The van der Waals surface area contributed by atoms with Crippen LogP contribution in [0.15, 0.2) is 0 Å². The maximum absolute atomic E-state index is 0. The van der Waals surface area contributed by atoms with E-state index in [0.717, 1.165) is 0 Å². The Kier molecular flexibility index (Phi) is 5030. The molecule has 0 amide bonds. The van der Waals surface area contributed by atoms with Crippen molar-refractivity contribution in [2.45, 2.75) is 0 Å². The van der Waals surface area contributed by atoms with Crippen LogP contribution in [0, 0.1) is 0 Å². The Morgan fingerprint density at radius 1 is 0.286 bits per heavy atom. The van der Waals surface area contributed by atoms with Gasteiger partial charge in [0.05, 0.1) is 0 Å². The van der Waals surface area contributed by atoms with Gasteiger partial charge in [-0.05, 0) is 0 Å². The Bertz CT molecular complexity index is 24.2. The van der Waals surface area contributed by atoms with Crippen LogP contribution in [0.25, 0.3) is 0 Å². The molecule has 0 aromatic carbocycles. The van der Waals surface area contributed by atoms with Crippen molar-refractivity contribution in [2.75, 3.05) is 0 Å². The largest absolute Gasteiger partial charge is 2.00 e. The minimum atomic E-state index is 0. The molecule has 0 aliphatic rings. The van der Waals surface area contributed by atoms with E-state index in [4.69, 9.17) is 0 Å². The summed E-state index contributed by atoms with van der Waals surface area (Å²) in [6.45, 7) is 0. The molecule has 0 unspecified atom stereocenters. The average Bonchev–Trinajstić information content (AvgIpc) is 0. The van der Waals surface area contributed by atoms with Gasteiger partial charge in [-0.25, -0.2) is 0 Å². The predicted molar refractivity (Wildman–Crippen MR) is 33.2 cm³/mol. The molecule has 0 aliphatic heterocycles. The summed E-state index contributed by atoms with van der Waals surface area (Å²) in [5.74, 6) is 0. The second-order valence-electron chi connectivity index (χ2n) is 0. The molecule has 14 heavy (non-hydrogen) atoms. The second-order valence-corrected chi connectivity index (χ2v) is 0. The van der Waals surface area contributed by atoms with Crippen molar-refractivity contribution >= 4 is 46.1 Å². The summed E-state index contributed by atoms with van der Waals surface area (Å²) in [6.07, 6.45) is 0. The smallest absolute Gasteiger partial charge is 1.00 e. The van der Waals surface area contributed by atoms with E-state index >= 15 is 0 Å². The van der Waals surface area contributed by atoms with Gasteiger partial charge in [0.2, 0.25) is 0 Å². The van der Waals surface area contributed by atoms with Gasteiger partial charge in [-0.3, -0.25) is 0 Å². The summed E-state index contributed by atoms with van der Waals surface area (Å²) in [4.78, 5) is 0. The van der Waals surface area contributed by atoms with Crippen molar-refractivity contribution in [3.05, 3.63) is 0 Å². The van der Waals surface area contributed by atoms with Gasteiger partial charge >= 0.3 is 97.5 Å². The van der Waals surface area contributed by atoms with E-state index in [1.54, 1.807) is 0 Å². The molecule has 0 heterocycles. The van der Waals surface area contributed by atoms with Crippen molar-refractivity contribution in [1.29, 1.82) is 0 Å². The van der Waals surface area contributed by atoms with Crippen molar-refractivity contribution in [2.24, 2.45) is 0 Å². The second kappa shape index (κ2) is 243. The first-order valence-corrected chi connectivity index (χ1v) is 0. The van der Waals surface area contributed by atoms with Crippen LogP contribution in [0.5, 0.6) is 0 Å². The van der Waals surface area contributed by atoms with Crippen LogP contribution in [0.4, 0.5) is 0 Å². The van der Waals surface area contributed by atoms with Gasteiger partial charge in [0, 0.05) is 0 Å². The molecule has 0 aliphatic carbocycles. The monoisotopic (exact) mass is 370 g/mol. The average molecular weight is 373 g/mol. The molecule has 0 spiro atoms. The summed E-state index contributed by atoms with van der Waals surface area (Å²) < 4.78 is 0. The number of hydrogen-bond donors (Lipinski definition) is 0. The van der Waals surface area contributed by atoms with Gasteiger partial charge in [0.1, 0.15) is 0 Å². The molecular formula is H12Cl5KMg2O6. The summed E-state index contributed by atoms with van der Waals surface area (Å²) in [7, 11) is 0. The van der Waals surface area contributed by atoms with Crippen molar-refractivity contribution < 1.29 is 146 Å². The first-order valence-electron chi connectivity index (χ1n) is 0. The summed E-state index contributed by atoms with van der Waals surface area (Å²) in [5, 5.41) is 0. The van der Waals surface area contributed by atoms with Crippen LogP contribution in [0.3, 0.4) is 0 Å². The Morgan fingerprint density at radius 3 is 0.286 bits per heavy atom. The van der Waals surface area contributed by atoms with Crippen molar-refractivity contribution in [1.82, 2.24) is 0 Å². The predicted octanol–water partition coefficient (Wildman–Crippen LogP) is -23.7. The number of hydrogen-bond acceptors (Lipinski definition) is 0. The van der Waals surface area contributed by atoms with E-state index in [-0.39, 0.29) is 192 Å². The summed E-state index contributed by atoms with van der Waals surface area (Å²) >= 11 is 0. The first-order chi connectivity index (χ1) is 0. The fraction of sp³-hybridized carbons (Fsp3) is 0. The Labute approximate surface area is 188 Å². The van der Waals surface area contributed by atoms with Crippen molar-refractivity contribution in [3.63, 3.8) is 0 Å². The first kappa shape index (κ1) is 289. The van der Waals surface area contributed by atoms with Crippen LogP contribution in [0.1, 0.15) is 0 Å². The standard InChI is InChI=1S/5ClH.K.2Mg.6H2O/h5*1H;;;;6*1H2/q;;;;;+1;2*+2;;;;;;/p-5. The zero-order valence-corrected chi connectivity index (χ0v) is 17.0. The molecule has 12 N–H and O–H groups in total. The molecule has 0 aromatic heterocycles. The van der Waals surface area contributed by atoms with Gasteiger partial charge in [-0.15, -0.1) is 0 Å². The van der Waals surface area contributed by atoms with E-state index < -0.39 is 0 Å². The molecule has 6 nitrogen and oxygen atoms in total. The SMILES string of the molecule is O.O.O.O.O.O.[Cl-].[Cl-].[Cl-].[Cl-].[Cl-].[K+].[Mg+2].[Mg+2]. The molecule has 0 saturated heterocycles. The minimum Gasteiger partial charge on any atom is -1.00 e. The Balaban J connectivity index is 0. The third-order valence-electron chi connectivity index (χ3n) is 0. The maximum Gasteiger partial charge on any atom is 2.00 e. The van der Waals surface area contributed by atoms with Crippen molar-refractivity contribution in [3.8, 4) is 0 Å². The molecule has 0 fully saturated rings. The third kappa shape index (κ3) is 202.